The third-order valence-corrected chi connectivity index (χ3v) is 5.48. The molecule has 1 saturated heterocycles. The van der Waals surface area contributed by atoms with E-state index in [1.807, 2.05) is 4.90 Å². The molecule has 2 aromatic heterocycles. The van der Waals surface area contributed by atoms with Gasteiger partial charge >= 0.3 is 0 Å². The summed E-state index contributed by atoms with van der Waals surface area (Å²) < 4.78 is 1.52. The Morgan fingerprint density at radius 3 is 2.42 bits per heavy atom. The molecule has 1 fully saturated rings. The van der Waals surface area contributed by atoms with E-state index < -0.39 is 5.91 Å². The van der Waals surface area contributed by atoms with E-state index in [-0.39, 0.29) is 12.2 Å². The lowest BCUT2D eigenvalue weighted by molar-refractivity contribution is 0.0990. The summed E-state index contributed by atoms with van der Waals surface area (Å²) in [5.41, 5.74) is 2.12. The quantitative estimate of drug-likeness (QED) is 0.351. The molecule has 1 amide bonds. The average molecular weight is 437 g/mol. The first-order chi connectivity index (χ1) is 14.9. The minimum Gasteiger partial charge on any atom is -0.356 e. The van der Waals surface area contributed by atoms with Crippen LogP contribution in [0.1, 0.15) is 38.4 Å². The van der Waals surface area contributed by atoms with Gasteiger partial charge in [0.2, 0.25) is 0 Å². The van der Waals surface area contributed by atoms with Gasteiger partial charge in [-0.05, 0) is 18.6 Å². The zero-order valence-corrected chi connectivity index (χ0v) is 17.7. The number of amidine groups is 1. The molecule has 4 rings (SSSR count). The monoisotopic (exact) mass is 436 g/mol. The second-order valence-electron chi connectivity index (χ2n) is 7.31. The van der Waals surface area contributed by atoms with Gasteiger partial charge in [-0.1, -0.05) is 35.9 Å². The Bertz CT molecular complexity index is 1130. The van der Waals surface area contributed by atoms with Crippen LogP contribution in [0.3, 0.4) is 0 Å². The molecule has 8 nitrogen and oxygen atoms in total. The van der Waals surface area contributed by atoms with Crippen molar-refractivity contribution in [2.45, 2.75) is 12.8 Å². The van der Waals surface area contributed by atoms with Gasteiger partial charge in [-0.25, -0.2) is 4.98 Å². The van der Waals surface area contributed by atoms with Crippen molar-refractivity contribution in [3.63, 3.8) is 0 Å². The molecule has 0 spiro atoms. The molecule has 0 saturated carbocycles. The molecule has 0 bridgehead atoms. The predicted octanol–water partition coefficient (Wildman–Crippen LogP) is 3.18. The van der Waals surface area contributed by atoms with E-state index >= 15 is 0 Å². The predicted molar refractivity (Wildman–Crippen MR) is 118 cm³/mol. The highest BCUT2D eigenvalue weighted by Gasteiger charge is 2.21. The van der Waals surface area contributed by atoms with E-state index in [4.69, 9.17) is 17.0 Å². The lowest BCUT2D eigenvalue weighted by Gasteiger charge is -2.33. The molecule has 0 atom stereocenters. The highest BCUT2D eigenvalue weighted by atomic mass is 35.5. The summed E-state index contributed by atoms with van der Waals surface area (Å²) in [6, 6.07) is 10.2. The lowest BCUT2D eigenvalue weighted by Crippen LogP contribution is -2.42. The van der Waals surface area contributed by atoms with Gasteiger partial charge in [-0.2, -0.15) is 5.10 Å². The number of nitrogens with zero attached hydrogens (tertiary/aromatic N) is 4. The summed E-state index contributed by atoms with van der Waals surface area (Å²) in [6.45, 7) is 1.80. The van der Waals surface area contributed by atoms with Gasteiger partial charge in [0.25, 0.3) is 5.91 Å². The van der Waals surface area contributed by atoms with Gasteiger partial charge in [0, 0.05) is 37.5 Å². The SMILES string of the molecule is Cn1ncc(C(=O)Nc2ccc(Cl)cn2)c1CC(=O)c1ccc(C(=N)N2CCC2)cc1. The maximum absolute atomic E-state index is 12.9. The number of hydrogen-bond donors (Lipinski definition) is 2. The van der Waals surface area contributed by atoms with Gasteiger partial charge in [0.1, 0.15) is 11.7 Å². The third kappa shape index (κ3) is 4.49. The number of ketones is 1. The van der Waals surface area contributed by atoms with Crippen LogP contribution in [-0.2, 0) is 13.5 Å². The molecule has 2 N–H and O–H groups in total. The Kier molecular flexibility index (Phi) is 5.81. The van der Waals surface area contributed by atoms with E-state index in [2.05, 4.69) is 15.4 Å². The number of carbonyl (C=O) groups is 2. The molecule has 9 heteroatoms. The molecule has 1 aromatic carbocycles. The topological polar surface area (TPSA) is 104 Å². The average Bonchev–Trinajstić information content (AvgIpc) is 3.09. The number of hydrogen-bond acceptors (Lipinski definition) is 5. The van der Waals surface area contributed by atoms with E-state index in [0.717, 1.165) is 25.1 Å². The fourth-order valence-electron chi connectivity index (χ4n) is 3.29. The van der Waals surface area contributed by atoms with Crippen molar-refractivity contribution in [1.29, 1.82) is 5.41 Å². The third-order valence-electron chi connectivity index (χ3n) is 5.26. The zero-order valence-electron chi connectivity index (χ0n) is 16.9. The van der Waals surface area contributed by atoms with E-state index in [1.165, 1.54) is 17.1 Å². The van der Waals surface area contributed by atoms with E-state index in [0.29, 0.717) is 33.5 Å². The highest BCUT2D eigenvalue weighted by molar-refractivity contribution is 6.30. The maximum atomic E-state index is 12.9. The van der Waals surface area contributed by atoms with Crippen molar-refractivity contribution in [1.82, 2.24) is 19.7 Å². The fourth-order valence-corrected chi connectivity index (χ4v) is 3.40. The van der Waals surface area contributed by atoms with Gasteiger partial charge in [-0.3, -0.25) is 19.7 Å². The molecule has 0 unspecified atom stereocenters. The van der Waals surface area contributed by atoms with Crippen LogP contribution < -0.4 is 5.32 Å². The van der Waals surface area contributed by atoms with E-state index in [9.17, 15) is 9.59 Å². The Balaban J connectivity index is 1.47. The molecule has 158 valence electrons. The largest absolute Gasteiger partial charge is 0.356 e. The summed E-state index contributed by atoms with van der Waals surface area (Å²) in [5, 5.41) is 15.5. The minimum atomic E-state index is -0.399. The normalized spacial score (nSPS) is 12.9. The summed E-state index contributed by atoms with van der Waals surface area (Å²) >= 11 is 5.82. The molecule has 0 radical (unpaired) electrons. The second-order valence-corrected chi connectivity index (χ2v) is 7.75. The zero-order chi connectivity index (χ0) is 22.0. The number of nitrogens with one attached hydrogen (secondary N) is 2. The first-order valence-corrected chi connectivity index (χ1v) is 10.2. The van der Waals surface area contributed by atoms with Gasteiger partial charge in [0.15, 0.2) is 5.78 Å². The number of carbonyl (C=O) groups excluding carboxylic acids is 2. The number of rotatable bonds is 6. The van der Waals surface area contributed by atoms with Crippen LogP contribution in [0.2, 0.25) is 5.02 Å². The maximum Gasteiger partial charge on any atom is 0.260 e. The molecule has 0 aliphatic carbocycles. The summed E-state index contributed by atoms with van der Waals surface area (Å²) in [4.78, 5) is 31.6. The van der Waals surface area contributed by atoms with Crippen molar-refractivity contribution < 1.29 is 9.59 Å². The molecule has 31 heavy (non-hydrogen) atoms. The molecular weight excluding hydrogens is 416 g/mol. The van der Waals surface area contributed by atoms with Crippen molar-refractivity contribution in [2.24, 2.45) is 7.05 Å². The summed E-state index contributed by atoms with van der Waals surface area (Å²) in [7, 11) is 1.69. The number of likely N-dealkylation sites (tertiary alicyclic amines) is 1. The number of Topliss-reactive ketones (excluding diaryl/α,β-unsaturated/α-hetero) is 1. The van der Waals surface area contributed by atoms with Crippen LogP contribution in [0, 0.1) is 5.41 Å². The lowest BCUT2D eigenvalue weighted by atomic mass is 10.0. The fraction of sp³-hybridized carbons (Fsp3) is 0.227. The van der Waals surface area contributed by atoms with Crippen molar-refractivity contribution in [2.75, 3.05) is 18.4 Å². The number of benzene rings is 1. The number of anilines is 1. The molecular formula is C22H21ClN6O2. The molecule has 3 heterocycles. The Labute approximate surface area is 184 Å². The second kappa shape index (κ2) is 8.69. The standard InChI is InChI=1S/C22H21ClN6O2/c1-28-18(17(13-26-28)22(31)27-20-8-7-16(23)12-25-20)11-19(30)14-3-5-15(6-4-14)21(24)29-9-2-10-29/h3-8,12-13,24H,2,9-11H2,1H3,(H,25,27,31). The Morgan fingerprint density at radius 2 is 1.81 bits per heavy atom. The number of amides is 1. The number of halogens is 1. The smallest absolute Gasteiger partial charge is 0.260 e. The van der Waals surface area contributed by atoms with Crippen LogP contribution in [0.4, 0.5) is 5.82 Å². The van der Waals surface area contributed by atoms with Crippen molar-refractivity contribution in [3.05, 3.63) is 76.2 Å². The highest BCUT2D eigenvalue weighted by Crippen LogP contribution is 2.17. The Morgan fingerprint density at radius 1 is 1.10 bits per heavy atom. The molecule has 3 aromatic rings. The van der Waals surface area contributed by atoms with Crippen LogP contribution in [0.15, 0.2) is 48.8 Å². The molecule has 1 aliphatic rings. The van der Waals surface area contributed by atoms with Crippen LogP contribution in [0.5, 0.6) is 0 Å². The van der Waals surface area contributed by atoms with Crippen molar-refractivity contribution >= 4 is 34.9 Å². The minimum absolute atomic E-state index is 0.0240. The summed E-state index contributed by atoms with van der Waals surface area (Å²) in [5.74, 6) is 0.302. The van der Waals surface area contributed by atoms with Gasteiger partial charge in [-0.15, -0.1) is 0 Å². The van der Waals surface area contributed by atoms with Crippen LogP contribution >= 0.6 is 11.6 Å². The Hall–Kier alpha value is -3.52. The van der Waals surface area contributed by atoms with Crippen molar-refractivity contribution in [3.8, 4) is 0 Å². The summed E-state index contributed by atoms with van der Waals surface area (Å²) in [6.07, 6.45) is 4.01. The first kappa shape index (κ1) is 20.7. The number of pyridine rings is 1. The van der Waals surface area contributed by atoms with Gasteiger partial charge in [0.05, 0.1) is 28.9 Å². The number of aromatic nitrogens is 3. The van der Waals surface area contributed by atoms with Gasteiger partial charge < -0.3 is 10.2 Å². The first-order valence-electron chi connectivity index (χ1n) is 9.83. The number of aryl methyl sites for hydroxylation is 1. The van der Waals surface area contributed by atoms with Crippen LogP contribution in [-0.4, -0.2) is 50.3 Å². The molecule has 1 aliphatic heterocycles. The van der Waals surface area contributed by atoms with Crippen LogP contribution in [0.25, 0.3) is 0 Å². The van der Waals surface area contributed by atoms with E-state index in [1.54, 1.807) is 43.4 Å².